The van der Waals surface area contributed by atoms with E-state index in [1.807, 2.05) is 43.3 Å². The number of ether oxygens (including phenoxy) is 1. The highest BCUT2D eigenvalue weighted by Crippen LogP contribution is 2.27. The molecule has 188 valence electrons. The van der Waals surface area contributed by atoms with Crippen LogP contribution in [0.15, 0.2) is 78.9 Å². The Morgan fingerprint density at radius 1 is 0.861 bits per heavy atom. The van der Waals surface area contributed by atoms with Crippen molar-refractivity contribution < 1.29 is 14.3 Å². The van der Waals surface area contributed by atoms with Crippen LogP contribution in [0.2, 0.25) is 0 Å². The van der Waals surface area contributed by atoms with E-state index in [1.54, 1.807) is 6.08 Å². The fraction of sp³-hybridized carbons (Fsp3) is 0.290. The zero-order chi connectivity index (χ0) is 26.3. The van der Waals surface area contributed by atoms with Crippen LogP contribution in [0.4, 0.5) is 11.4 Å². The number of methoxy groups -OCH3 is 1. The minimum absolute atomic E-state index is 0.0555. The molecule has 0 bridgehead atoms. The summed E-state index contributed by atoms with van der Waals surface area (Å²) >= 11 is 0. The largest absolute Gasteiger partial charge is 0.466 e. The molecule has 1 amide bonds. The van der Waals surface area contributed by atoms with E-state index in [2.05, 4.69) is 78.9 Å². The fourth-order valence-electron chi connectivity index (χ4n) is 3.84. The summed E-state index contributed by atoms with van der Waals surface area (Å²) in [5.74, 6) is -0.363. The number of anilines is 2. The fourth-order valence-corrected chi connectivity index (χ4v) is 3.84. The number of nitrogens with zero attached hydrogens (tertiary/aromatic N) is 2. The van der Waals surface area contributed by atoms with E-state index in [-0.39, 0.29) is 11.3 Å². The van der Waals surface area contributed by atoms with Crippen LogP contribution >= 0.6 is 0 Å². The topological polar surface area (TPSA) is 49.9 Å². The van der Waals surface area contributed by atoms with Gasteiger partial charge in [-0.1, -0.05) is 69.3 Å². The molecule has 0 radical (unpaired) electrons. The van der Waals surface area contributed by atoms with Crippen molar-refractivity contribution in [1.29, 1.82) is 0 Å². The number of hydrogen-bond donors (Lipinski definition) is 0. The van der Waals surface area contributed by atoms with Crippen molar-refractivity contribution in [3.8, 4) is 11.1 Å². The van der Waals surface area contributed by atoms with Crippen LogP contribution < -0.4 is 9.80 Å². The minimum atomic E-state index is -0.419. The van der Waals surface area contributed by atoms with E-state index in [0.29, 0.717) is 13.0 Å². The quantitative estimate of drug-likeness (QED) is 0.268. The van der Waals surface area contributed by atoms with Crippen molar-refractivity contribution >= 4 is 29.3 Å². The SMILES string of the molecule is COC(=O)/C=C/c1cccc(N(Cc2ccc(-c3ccc(N(C)C)cc3)cc2)C(=O)CC(C)(C)C)c1. The lowest BCUT2D eigenvalue weighted by Gasteiger charge is -2.27. The Bertz CT molecular complexity index is 1200. The van der Waals surface area contributed by atoms with E-state index >= 15 is 0 Å². The average Bonchev–Trinajstić information content (AvgIpc) is 2.85. The lowest BCUT2D eigenvalue weighted by molar-refractivity contribution is -0.134. The van der Waals surface area contributed by atoms with Crippen LogP contribution in [0.1, 0.15) is 38.3 Å². The molecular weight excluding hydrogens is 448 g/mol. The van der Waals surface area contributed by atoms with Crippen LogP contribution in [0.5, 0.6) is 0 Å². The smallest absolute Gasteiger partial charge is 0.330 e. The number of carbonyl (C=O) groups excluding carboxylic acids is 2. The predicted molar refractivity (Wildman–Crippen MR) is 149 cm³/mol. The van der Waals surface area contributed by atoms with Gasteiger partial charge >= 0.3 is 5.97 Å². The zero-order valence-corrected chi connectivity index (χ0v) is 22.1. The summed E-state index contributed by atoms with van der Waals surface area (Å²) in [5.41, 5.74) is 5.96. The minimum Gasteiger partial charge on any atom is -0.466 e. The summed E-state index contributed by atoms with van der Waals surface area (Å²) in [6.45, 7) is 6.65. The highest BCUT2D eigenvalue weighted by Gasteiger charge is 2.23. The molecule has 0 saturated heterocycles. The van der Waals surface area contributed by atoms with Gasteiger partial charge in [0, 0.05) is 38.0 Å². The second-order valence-electron chi connectivity index (χ2n) is 10.3. The zero-order valence-electron chi connectivity index (χ0n) is 22.1. The number of benzene rings is 3. The van der Waals surface area contributed by atoms with Gasteiger partial charge in [-0.25, -0.2) is 4.79 Å². The molecule has 5 nitrogen and oxygen atoms in total. The van der Waals surface area contributed by atoms with E-state index in [1.165, 1.54) is 13.2 Å². The average molecular weight is 485 g/mol. The van der Waals surface area contributed by atoms with Crippen LogP contribution in [0.25, 0.3) is 17.2 Å². The van der Waals surface area contributed by atoms with Gasteiger partial charge in [-0.05, 0) is 58.0 Å². The molecule has 0 aliphatic carbocycles. The third-order valence-electron chi connectivity index (χ3n) is 5.79. The molecule has 0 spiro atoms. The number of rotatable bonds is 8. The number of amides is 1. The maximum Gasteiger partial charge on any atom is 0.330 e. The highest BCUT2D eigenvalue weighted by atomic mass is 16.5. The first-order valence-electron chi connectivity index (χ1n) is 12.1. The van der Waals surface area contributed by atoms with Gasteiger partial charge in [0.25, 0.3) is 0 Å². The molecule has 0 atom stereocenters. The number of hydrogen-bond acceptors (Lipinski definition) is 4. The summed E-state index contributed by atoms with van der Waals surface area (Å²) < 4.78 is 4.69. The molecule has 0 aliphatic heterocycles. The van der Waals surface area contributed by atoms with Gasteiger partial charge in [-0.3, -0.25) is 4.79 Å². The molecule has 3 aromatic carbocycles. The van der Waals surface area contributed by atoms with Crippen molar-refractivity contribution in [2.75, 3.05) is 31.0 Å². The Morgan fingerprint density at radius 3 is 2.03 bits per heavy atom. The molecule has 5 heteroatoms. The maximum atomic E-state index is 13.4. The molecule has 3 rings (SSSR count). The van der Waals surface area contributed by atoms with E-state index in [4.69, 9.17) is 0 Å². The van der Waals surface area contributed by atoms with Crippen molar-refractivity contribution in [3.63, 3.8) is 0 Å². The predicted octanol–water partition coefficient (Wildman–Crippen LogP) is 6.58. The van der Waals surface area contributed by atoms with E-state index in [0.717, 1.165) is 33.6 Å². The van der Waals surface area contributed by atoms with Crippen LogP contribution in [-0.2, 0) is 20.9 Å². The summed E-state index contributed by atoms with van der Waals surface area (Å²) in [6.07, 6.45) is 3.49. The van der Waals surface area contributed by atoms with Crippen molar-refractivity contribution in [1.82, 2.24) is 0 Å². The standard InChI is InChI=1S/C31H36N2O3/c1-31(2,3)21-29(34)33(28-9-7-8-23(20-28)12-19-30(35)36-6)22-24-10-13-25(14-11-24)26-15-17-27(18-16-26)32(4)5/h7-20H,21-22H2,1-6H3/b19-12+. The molecule has 36 heavy (non-hydrogen) atoms. The van der Waals surface area contributed by atoms with E-state index in [9.17, 15) is 9.59 Å². The lowest BCUT2D eigenvalue weighted by Crippen LogP contribution is -2.33. The number of carbonyl (C=O) groups is 2. The molecule has 0 fully saturated rings. The lowest BCUT2D eigenvalue weighted by atomic mass is 9.91. The Kier molecular flexibility index (Phi) is 8.70. The van der Waals surface area contributed by atoms with Gasteiger partial charge in [0.15, 0.2) is 0 Å². The molecule has 3 aromatic rings. The van der Waals surface area contributed by atoms with Crippen molar-refractivity contribution in [3.05, 3.63) is 90.0 Å². The highest BCUT2D eigenvalue weighted by molar-refractivity contribution is 5.94. The van der Waals surface area contributed by atoms with Gasteiger partial charge in [0.2, 0.25) is 5.91 Å². The van der Waals surface area contributed by atoms with Crippen molar-refractivity contribution in [2.45, 2.75) is 33.7 Å². The normalized spacial score (nSPS) is 11.4. The Hall–Kier alpha value is -3.86. The molecular formula is C31H36N2O3. The van der Waals surface area contributed by atoms with Crippen LogP contribution in [-0.4, -0.2) is 33.1 Å². The molecule has 0 saturated carbocycles. The first-order valence-corrected chi connectivity index (χ1v) is 12.1. The van der Waals surface area contributed by atoms with Gasteiger partial charge in [-0.15, -0.1) is 0 Å². The van der Waals surface area contributed by atoms with Crippen molar-refractivity contribution in [2.24, 2.45) is 5.41 Å². The summed E-state index contributed by atoms with van der Waals surface area (Å²) in [5, 5.41) is 0. The second kappa shape index (κ2) is 11.7. The van der Waals surface area contributed by atoms with Gasteiger partial charge in [-0.2, -0.15) is 0 Å². The van der Waals surface area contributed by atoms with Crippen LogP contribution in [0, 0.1) is 5.41 Å². The van der Waals surface area contributed by atoms with E-state index < -0.39 is 5.97 Å². The monoisotopic (exact) mass is 484 g/mol. The first kappa shape index (κ1) is 26.7. The number of esters is 1. The third-order valence-corrected chi connectivity index (χ3v) is 5.79. The Morgan fingerprint density at radius 2 is 1.47 bits per heavy atom. The summed E-state index contributed by atoms with van der Waals surface area (Å²) in [4.78, 5) is 28.8. The maximum absolute atomic E-state index is 13.4. The summed E-state index contributed by atoms with van der Waals surface area (Å²) in [7, 11) is 5.41. The molecule has 0 unspecified atom stereocenters. The molecule has 0 aromatic heterocycles. The molecule has 0 aliphatic rings. The van der Waals surface area contributed by atoms with Gasteiger partial charge in [0.05, 0.1) is 13.7 Å². The van der Waals surface area contributed by atoms with Gasteiger partial charge in [0.1, 0.15) is 0 Å². The van der Waals surface area contributed by atoms with Crippen LogP contribution in [0.3, 0.4) is 0 Å². The first-order chi connectivity index (χ1) is 17.1. The summed E-state index contributed by atoms with van der Waals surface area (Å²) in [6, 6.07) is 24.4. The van der Waals surface area contributed by atoms with Gasteiger partial charge < -0.3 is 14.5 Å². The molecule has 0 N–H and O–H groups in total. The molecule has 0 heterocycles. The Balaban J connectivity index is 1.86. The Labute approximate surface area is 215 Å². The second-order valence-corrected chi connectivity index (χ2v) is 10.3. The third kappa shape index (κ3) is 7.57.